The van der Waals surface area contributed by atoms with Crippen molar-refractivity contribution in [1.82, 2.24) is 4.90 Å². The smallest absolute Gasteiger partial charge is 0.410 e. The van der Waals surface area contributed by atoms with E-state index in [1.165, 1.54) is 6.42 Å². The van der Waals surface area contributed by atoms with Gasteiger partial charge in [-0.1, -0.05) is 0 Å². The Hall–Kier alpha value is -0.770. The van der Waals surface area contributed by atoms with E-state index >= 15 is 0 Å². The molecule has 3 fully saturated rings. The van der Waals surface area contributed by atoms with Crippen LogP contribution in [0.1, 0.15) is 40.0 Å². The Bertz CT molecular complexity index is 339. The first-order chi connectivity index (χ1) is 7.90. The molecule has 0 aromatic heterocycles. The number of nitrogens with zero attached hydrogens (tertiary/aromatic N) is 1. The maximum Gasteiger partial charge on any atom is 0.410 e. The molecule has 0 aromatic carbocycles. The average molecular weight is 239 g/mol. The highest BCUT2D eigenvalue weighted by atomic mass is 16.6. The van der Waals surface area contributed by atoms with Gasteiger partial charge in [-0.05, 0) is 40.0 Å². The van der Waals surface area contributed by atoms with Crippen LogP contribution < -0.4 is 0 Å². The molecule has 2 heterocycles. The average Bonchev–Trinajstić information content (AvgIpc) is 2.89. The third kappa shape index (κ3) is 1.92. The van der Waals surface area contributed by atoms with Gasteiger partial charge in [0.2, 0.25) is 0 Å². The van der Waals surface area contributed by atoms with Crippen molar-refractivity contribution in [1.29, 1.82) is 0 Å². The summed E-state index contributed by atoms with van der Waals surface area (Å²) in [6.45, 7) is 7.36. The number of hydrogen-bond acceptors (Lipinski definition) is 3. The van der Waals surface area contributed by atoms with Gasteiger partial charge < -0.3 is 14.4 Å². The maximum atomic E-state index is 11.9. The number of carbonyl (C=O) groups excluding carboxylic acids is 1. The molecule has 96 valence electrons. The molecule has 2 unspecified atom stereocenters. The van der Waals surface area contributed by atoms with Gasteiger partial charge >= 0.3 is 6.09 Å². The molecular formula is C13H21NO3. The van der Waals surface area contributed by atoms with E-state index in [4.69, 9.17) is 9.47 Å². The lowest BCUT2D eigenvalue weighted by Gasteiger charge is -2.44. The van der Waals surface area contributed by atoms with Crippen LogP contribution in [0.5, 0.6) is 0 Å². The molecule has 1 spiro atoms. The number of epoxide rings is 1. The van der Waals surface area contributed by atoms with Gasteiger partial charge in [-0.25, -0.2) is 4.79 Å². The monoisotopic (exact) mass is 239 g/mol. The van der Waals surface area contributed by atoms with Gasteiger partial charge in [0, 0.05) is 18.5 Å². The fourth-order valence-corrected chi connectivity index (χ4v) is 3.14. The molecule has 0 aromatic rings. The summed E-state index contributed by atoms with van der Waals surface area (Å²) in [5, 5.41) is 0. The Morgan fingerprint density at radius 3 is 2.41 bits per heavy atom. The lowest BCUT2D eigenvalue weighted by atomic mass is 9.63. The second kappa shape index (κ2) is 3.37. The van der Waals surface area contributed by atoms with Crippen LogP contribution in [0.15, 0.2) is 0 Å². The van der Waals surface area contributed by atoms with Crippen LogP contribution in [0.4, 0.5) is 4.79 Å². The van der Waals surface area contributed by atoms with Crippen LogP contribution in [0.2, 0.25) is 0 Å². The molecule has 2 aliphatic heterocycles. The summed E-state index contributed by atoms with van der Waals surface area (Å²) in [6, 6.07) is 0. The summed E-state index contributed by atoms with van der Waals surface area (Å²) in [4.78, 5) is 13.7. The molecular weight excluding hydrogens is 218 g/mol. The molecule has 2 atom stereocenters. The molecule has 0 bridgehead atoms. The minimum Gasteiger partial charge on any atom is -0.444 e. The second-order valence-electron chi connectivity index (χ2n) is 6.63. The summed E-state index contributed by atoms with van der Waals surface area (Å²) in [5.74, 6) is 0. The third-order valence-corrected chi connectivity index (χ3v) is 4.20. The topological polar surface area (TPSA) is 42.1 Å². The third-order valence-electron chi connectivity index (χ3n) is 4.20. The molecule has 0 N–H and O–H groups in total. The van der Waals surface area contributed by atoms with Crippen LogP contribution in [0.3, 0.4) is 0 Å². The summed E-state index contributed by atoms with van der Waals surface area (Å²) >= 11 is 0. The molecule has 4 heteroatoms. The van der Waals surface area contributed by atoms with Crippen molar-refractivity contribution in [3.8, 4) is 0 Å². The van der Waals surface area contributed by atoms with Crippen LogP contribution in [-0.4, -0.2) is 41.9 Å². The first-order valence-corrected chi connectivity index (χ1v) is 6.53. The van der Waals surface area contributed by atoms with Crippen molar-refractivity contribution in [3.63, 3.8) is 0 Å². The lowest BCUT2D eigenvalue weighted by Crippen LogP contribution is -2.51. The zero-order valence-corrected chi connectivity index (χ0v) is 10.9. The molecule has 0 radical (unpaired) electrons. The number of likely N-dealkylation sites (tertiary alicyclic amines) is 1. The van der Waals surface area contributed by atoms with E-state index in [1.54, 1.807) is 0 Å². The molecule has 3 rings (SSSR count). The van der Waals surface area contributed by atoms with E-state index in [-0.39, 0.29) is 6.09 Å². The van der Waals surface area contributed by atoms with Gasteiger partial charge in [0.1, 0.15) is 5.60 Å². The number of piperidine rings is 1. The van der Waals surface area contributed by atoms with E-state index in [2.05, 4.69) is 0 Å². The van der Waals surface area contributed by atoms with Gasteiger partial charge in [0.15, 0.2) is 0 Å². The number of ether oxygens (including phenoxy) is 2. The quantitative estimate of drug-likeness (QED) is 0.608. The number of rotatable bonds is 0. The van der Waals surface area contributed by atoms with Gasteiger partial charge in [-0.2, -0.15) is 0 Å². The first-order valence-electron chi connectivity index (χ1n) is 6.53. The molecule has 1 aliphatic carbocycles. The number of carbonyl (C=O) groups is 1. The lowest BCUT2D eigenvalue weighted by molar-refractivity contribution is 0.00146. The fraction of sp³-hybridized carbons (Fsp3) is 0.923. The zero-order valence-electron chi connectivity index (χ0n) is 10.9. The highest BCUT2D eigenvalue weighted by Gasteiger charge is 2.66. The Kier molecular flexibility index (Phi) is 2.25. The number of amides is 1. The summed E-state index contributed by atoms with van der Waals surface area (Å²) < 4.78 is 11.0. The standard InChI is InChI=1S/C13H21NO3/c1-12(2,3)17-11(15)14-6-4-13(5-7-14)8-9-10(13)16-9/h9-10H,4-8H2,1-3H3. The zero-order chi connectivity index (χ0) is 12.3. The van der Waals surface area contributed by atoms with Crippen molar-refractivity contribution >= 4 is 6.09 Å². The van der Waals surface area contributed by atoms with Crippen LogP contribution in [0, 0.1) is 5.41 Å². The number of hydrogen-bond donors (Lipinski definition) is 0. The van der Waals surface area contributed by atoms with Gasteiger partial charge in [-0.15, -0.1) is 0 Å². The highest BCUT2D eigenvalue weighted by molar-refractivity contribution is 5.68. The Labute approximate surface area is 102 Å². The van der Waals surface area contributed by atoms with E-state index in [1.807, 2.05) is 25.7 Å². The van der Waals surface area contributed by atoms with Crippen molar-refractivity contribution in [2.75, 3.05) is 13.1 Å². The minimum absolute atomic E-state index is 0.167. The predicted octanol–water partition coefficient (Wildman–Crippen LogP) is 2.17. The van der Waals surface area contributed by atoms with Crippen molar-refractivity contribution in [2.45, 2.75) is 57.8 Å². The predicted molar refractivity (Wildman–Crippen MR) is 62.8 cm³/mol. The summed E-state index contributed by atoms with van der Waals surface area (Å²) in [7, 11) is 0. The fourth-order valence-electron chi connectivity index (χ4n) is 3.14. The second-order valence-corrected chi connectivity index (χ2v) is 6.63. The maximum absolute atomic E-state index is 11.9. The minimum atomic E-state index is -0.395. The summed E-state index contributed by atoms with van der Waals surface area (Å²) in [5.41, 5.74) is 0.0105. The van der Waals surface area contributed by atoms with Crippen molar-refractivity contribution < 1.29 is 14.3 Å². The summed E-state index contributed by atoms with van der Waals surface area (Å²) in [6.07, 6.45) is 4.27. The largest absolute Gasteiger partial charge is 0.444 e. The Morgan fingerprint density at radius 1 is 1.35 bits per heavy atom. The highest BCUT2D eigenvalue weighted by Crippen LogP contribution is 2.61. The SMILES string of the molecule is CC(C)(C)OC(=O)N1CCC2(CC1)CC1OC12. The first kappa shape index (κ1) is 11.3. The normalized spacial score (nSPS) is 33.9. The molecule has 3 aliphatic rings. The Balaban J connectivity index is 1.53. The van der Waals surface area contributed by atoms with Crippen LogP contribution >= 0.6 is 0 Å². The molecule has 17 heavy (non-hydrogen) atoms. The molecule has 1 saturated carbocycles. The van der Waals surface area contributed by atoms with Gasteiger partial charge in [0.05, 0.1) is 12.2 Å². The van der Waals surface area contributed by atoms with E-state index in [9.17, 15) is 4.79 Å². The van der Waals surface area contributed by atoms with E-state index < -0.39 is 5.60 Å². The van der Waals surface area contributed by atoms with Gasteiger partial charge in [-0.3, -0.25) is 0 Å². The van der Waals surface area contributed by atoms with E-state index in [0.29, 0.717) is 17.6 Å². The molecule has 1 amide bonds. The van der Waals surface area contributed by atoms with Crippen molar-refractivity contribution in [3.05, 3.63) is 0 Å². The molecule has 4 nitrogen and oxygen atoms in total. The Morgan fingerprint density at radius 2 is 2.00 bits per heavy atom. The van der Waals surface area contributed by atoms with Gasteiger partial charge in [0.25, 0.3) is 0 Å². The van der Waals surface area contributed by atoms with Crippen LogP contribution in [-0.2, 0) is 9.47 Å². The number of fused-ring (bicyclic) bond motifs is 2. The van der Waals surface area contributed by atoms with Crippen LogP contribution in [0.25, 0.3) is 0 Å². The molecule has 2 saturated heterocycles. The van der Waals surface area contributed by atoms with E-state index in [0.717, 1.165) is 25.9 Å². The van der Waals surface area contributed by atoms with Crippen molar-refractivity contribution in [2.24, 2.45) is 5.41 Å².